The van der Waals surface area contributed by atoms with Gasteiger partial charge < -0.3 is 52.5 Å². The number of carbonyl (C=O) groups is 10. The van der Waals surface area contributed by atoms with E-state index in [1.54, 1.807) is 19.9 Å². The van der Waals surface area contributed by atoms with Crippen LogP contribution in [0.15, 0.2) is 29.1 Å². The molecule has 7 rings (SSSR count). The third-order valence-corrected chi connectivity index (χ3v) is 13.1. The minimum Gasteiger partial charge on any atom is -0.458 e. The minimum atomic E-state index is -2.05. The highest BCUT2D eigenvalue weighted by molar-refractivity contribution is 6.13. The second kappa shape index (κ2) is 21.0. The number of unbranched alkanes of at least 4 members (excludes halogenated alkanes) is 2. The van der Waals surface area contributed by atoms with Gasteiger partial charge in [0.1, 0.15) is 24.5 Å². The van der Waals surface area contributed by atoms with Gasteiger partial charge in [0, 0.05) is 60.7 Å². The van der Waals surface area contributed by atoms with Gasteiger partial charge in [0.15, 0.2) is 5.60 Å². The number of primary amides is 2. The van der Waals surface area contributed by atoms with E-state index < -0.39 is 108 Å². The van der Waals surface area contributed by atoms with Crippen LogP contribution in [0.5, 0.6) is 0 Å². The molecule has 376 valence electrons. The Morgan fingerprint density at radius 3 is 2.24 bits per heavy atom. The van der Waals surface area contributed by atoms with Gasteiger partial charge in [-0.25, -0.2) is 14.2 Å². The summed E-state index contributed by atoms with van der Waals surface area (Å²) < 4.78 is 22.0. The quantitative estimate of drug-likeness (QED) is 0.0267. The van der Waals surface area contributed by atoms with E-state index in [-0.39, 0.29) is 62.5 Å². The number of aliphatic hydroxyl groups is 1. The molecule has 5 heterocycles. The molecule has 3 aliphatic heterocycles. The van der Waals surface area contributed by atoms with Crippen molar-refractivity contribution >= 4 is 70.0 Å². The first-order valence-electron chi connectivity index (χ1n) is 23.1. The first kappa shape index (κ1) is 51.0. The Balaban J connectivity index is 0.928. The molecule has 10 N–H and O–H groups in total. The smallest absolute Gasteiger partial charge is 0.343 e. The fourth-order valence-electron chi connectivity index (χ4n) is 9.36. The van der Waals surface area contributed by atoms with Gasteiger partial charge in [-0.1, -0.05) is 13.3 Å². The van der Waals surface area contributed by atoms with Crippen molar-refractivity contribution < 1.29 is 62.2 Å². The number of aryl methyl sites for hydroxylation is 1. The van der Waals surface area contributed by atoms with Crippen LogP contribution in [0.4, 0.5) is 4.39 Å². The molecule has 0 bridgehead atoms. The number of fused-ring (bicyclic) bond motifs is 5. The second-order valence-corrected chi connectivity index (χ2v) is 17.8. The molecular weight excluding hydrogens is 932 g/mol. The molecule has 0 fully saturated rings. The standard InChI is InChI=1S/C47H53FN10O13/c1-3-47(70)26-15-32-42-24(20-58(32)45(68)25(26)21-71-46(47)69)41-28(9-8-23-22(2)27(48)16-29(55-42)40(23)41)53-36(62)7-5-4-6-13-51-43(66)30(17-33(49)59)56-44(67)31(18-34(50)60)54-37(63)19-52-35(61)12-14-57-38(64)10-11-39(57)65/h10-11,15-16,28,30-31,70H,3-9,12-14,17-21H2,1-2H3,(H2,49,59)(H2,50,60)(H,51,66)(H,52,61)(H,53,62)(H,54,63)(H,56,67)/t28-,30-,31-,47-/m0/s1. The van der Waals surface area contributed by atoms with Gasteiger partial charge >= 0.3 is 5.97 Å². The number of cyclic esters (lactones) is 1. The van der Waals surface area contributed by atoms with Crippen molar-refractivity contribution in [1.82, 2.24) is 41.0 Å². The molecule has 23 nitrogen and oxygen atoms in total. The van der Waals surface area contributed by atoms with Crippen LogP contribution in [0.2, 0.25) is 0 Å². The second-order valence-electron chi connectivity index (χ2n) is 17.8. The van der Waals surface area contributed by atoms with Gasteiger partial charge in [-0.05, 0) is 61.8 Å². The van der Waals surface area contributed by atoms with Crippen molar-refractivity contribution in [2.45, 2.75) is 115 Å². The summed E-state index contributed by atoms with van der Waals surface area (Å²) in [5.74, 6) is -8.28. The van der Waals surface area contributed by atoms with E-state index in [1.807, 2.05) is 0 Å². The molecule has 1 aromatic carbocycles. The van der Waals surface area contributed by atoms with Crippen LogP contribution in [0.3, 0.4) is 0 Å². The van der Waals surface area contributed by atoms with Crippen LogP contribution in [-0.4, -0.2) is 110 Å². The molecule has 71 heavy (non-hydrogen) atoms. The number of ether oxygens (including phenoxy) is 1. The molecule has 0 unspecified atom stereocenters. The SMILES string of the molecule is CC[C@@]1(O)C(=O)OCc2c1cc1n(c2=O)Cc2c-1nc1cc(F)c(C)c3c1c2[C@@H](NC(=O)CCCCCNC(=O)[C@H](CC(N)=O)NC(=O)[C@H](CC(N)=O)NC(=O)CNC(=O)CCN1C(=O)C=CC1=O)CC3. The third kappa shape index (κ3) is 10.7. The highest BCUT2D eigenvalue weighted by atomic mass is 19.1. The zero-order chi connectivity index (χ0) is 51.5. The first-order valence-corrected chi connectivity index (χ1v) is 23.1. The van der Waals surface area contributed by atoms with Crippen LogP contribution < -0.4 is 43.6 Å². The molecule has 0 saturated carbocycles. The van der Waals surface area contributed by atoms with E-state index >= 15 is 4.39 Å². The monoisotopic (exact) mass is 984 g/mol. The Kier molecular flexibility index (Phi) is 15.1. The lowest BCUT2D eigenvalue weighted by Gasteiger charge is -2.31. The Morgan fingerprint density at radius 2 is 1.56 bits per heavy atom. The fourth-order valence-corrected chi connectivity index (χ4v) is 9.36. The summed E-state index contributed by atoms with van der Waals surface area (Å²) in [4.78, 5) is 144. The summed E-state index contributed by atoms with van der Waals surface area (Å²) in [5, 5.41) is 24.5. The predicted molar refractivity (Wildman–Crippen MR) is 245 cm³/mol. The van der Waals surface area contributed by atoms with Crippen LogP contribution in [-0.2, 0) is 77.9 Å². The van der Waals surface area contributed by atoms with Crippen LogP contribution in [0, 0.1) is 12.7 Å². The number of halogens is 1. The van der Waals surface area contributed by atoms with Gasteiger partial charge in [0.05, 0.1) is 54.4 Å². The average molecular weight is 985 g/mol. The molecule has 0 saturated heterocycles. The molecule has 9 amide bonds. The molecule has 4 aliphatic rings. The van der Waals surface area contributed by atoms with Gasteiger partial charge in [0.2, 0.25) is 41.4 Å². The van der Waals surface area contributed by atoms with Crippen LogP contribution >= 0.6 is 0 Å². The van der Waals surface area contributed by atoms with Crippen molar-refractivity contribution in [1.29, 1.82) is 0 Å². The summed E-state index contributed by atoms with van der Waals surface area (Å²) in [6, 6.07) is -0.799. The Morgan fingerprint density at radius 1 is 0.873 bits per heavy atom. The summed E-state index contributed by atoms with van der Waals surface area (Å²) in [6.45, 7) is 2.19. The number of nitrogens with two attached hydrogens (primary N) is 2. The van der Waals surface area contributed by atoms with E-state index in [1.165, 1.54) is 10.6 Å². The molecule has 24 heteroatoms. The maximum absolute atomic E-state index is 15.3. The van der Waals surface area contributed by atoms with Gasteiger partial charge in [-0.15, -0.1) is 0 Å². The topological polar surface area (TPSA) is 350 Å². The van der Waals surface area contributed by atoms with E-state index in [4.69, 9.17) is 21.2 Å². The number of imide groups is 1. The number of benzene rings is 1. The maximum Gasteiger partial charge on any atom is 0.343 e. The predicted octanol–water partition coefficient (Wildman–Crippen LogP) is -1.54. The van der Waals surface area contributed by atoms with E-state index in [0.717, 1.165) is 22.6 Å². The normalized spacial score (nSPS) is 18.2. The Hall–Kier alpha value is -7.89. The number of carbonyl (C=O) groups excluding carboxylic acids is 10. The Labute approximate surface area is 403 Å². The van der Waals surface area contributed by atoms with Gasteiger partial charge in [-0.2, -0.15) is 0 Å². The molecule has 0 spiro atoms. The maximum atomic E-state index is 15.3. The molecule has 0 radical (unpaired) electrons. The van der Waals surface area contributed by atoms with Gasteiger partial charge in [0.25, 0.3) is 17.4 Å². The van der Waals surface area contributed by atoms with E-state index in [0.29, 0.717) is 71.1 Å². The first-order chi connectivity index (χ1) is 33.7. The van der Waals surface area contributed by atoms with Crippen LogP contribution in [0.25, 0.3) is 22.3 Å². The summed E-state index contributed by atoms with van der Waals surface area (Å²) >= 11 is 0. The largest absolute Gasteiger partial charge is 0.458 e. The fraction of sp³-hybridized carbons (Fsp3) is 0.447. The van der Waals surface area contributed by atoms with Gasteiger partial charge in [-0.3, -0.25) is 52.8 Å². The number of nitrogens with zero attached hydrogens (tertiary/aromatic N) is 3. The molecular formula is C47H53FN10O13. The number of amides is 9. The van der Waals surface area contributed by atoms with Crippen molar-refractivity contribution in [3.63, 3.8) is 0 Å². The molecule has 1 aliphatic carbocycles. The summed E-state index contributed by atoms with van der Waals surface area (Å²) in [5.41, 5.74) is 12.0. The minimum absolute atomic E-state index is 0.0464. The number of esters is 1. The van der Waals surface area contributed by atoms with Crippen molar-refractivity contribution in [3.8, 4) is 11.4 Å². The zero-order valence-electron chi connectivity index (χ0n) is 38.9. The highest BCUT2D eigenvalue weighted by Crippen LogP contribution is 2.46. The molecule has 4 atom stereocenters. The van der Waals surface area contributed by atoms with Crippen molar-refractivity contribution in [2.75, 3.05) is 19.6 Å². The van der Waals surface area contributed by atoms with E-state index in [2.05, 4.69) is 26.6 Å². The van der Waals surface area contributed by atoms with Crippen molar-refractivity contribution in [2.24, 2.45) is 11.5 Å². The Bertz CT molecular complexity index is 2880. The molecule has 3 aromatic rings. The van der Waals surface area contributed by atoms with Crippen molar-refractivity contribution in [3.05, 3.63) is 73.8 Å². The van der Waals surface area contributed by atoms with Crippen LogP contribution in [0.1, 0.15) is 104 Å². The number of nitrogens with one attached hydrogen (secondary N) is 5. The lowest BCUT2D eigenvalue weighted by atomic mass is 9.81. The average Bonchev–Trinajstić information content (AvgIpc) is 3.86. The summed E-state index contributed by atoms with van der Waals surface area (Å²) in [6.07, 6.45) is 2.51. The van der Waals surface area contributed by atoms with E-state index in [9.17, 15) is 57.8 Å². The highest BCUT2D eigenvalue weighted by Gasteiger charge is 2.46. The third-order valence-electron chi connectivity index (χ3n) is 13.1. The number of pyridine rings is 2. The molecule has 2 aromatic heterocycles. The lowest BCUT2D eigenvalue weighted by Crippen LogP contribution is -2.56. The number of rotatable bonds is 21. The number of aromatic nitrogens is 2. The lowest BCUT2D eigenvalue weighted by molar-refractivity contribution is -0.172. The zero-order valence-corrected chi connectivity index (χ0v) is 38.9. The summed E-state index contributed by atoms with van der Waals surface area (Å²) in [7, 11) is 0. The number of hydrogen-bond donors (Lipinski definition) is 8. The number of hydrogen-bond acceptors (Lipinski definition) is 14.